The molecular formula is C25H32N2O7S2. The molecule has 4 rings (SSSR count). The number of hydrogen-bond donors (Lipinski definition) is 2. The fourth-order valence-electron chi connectivity index (χ4n) is 4.09. The molecule has 1 fully saturated rings. The number of benzene rings is 1. The van der Waals surface area contributed by atoms with Crippen molar-refractivity contribution in [2.75, 3.05) is 33.4 Å². The van der Waals surface area contributed by atoms with E-state index in [1.54, 1.807) is 23.5 Å². The maximum atomic E-state index is 13.1. The van der Waals surface area contributed by atoms with Crippen LogP contribution in [0.1, 0.15) is 37.2 Å². The number of hydrogen-bond acceptors (Lipinski definition) is 8. The summed E-state index contributed by atoms with van der Waals surface area (Å²) < 4.78 is 44.3. The highest BCUT2D eigenvalue weighted by atomic mass is 32.2. The van der Waals surface area contributed by atoms with Gasteiger partial charge in [0.25, 0.3) is 5.91 Å². The Morgan fingerprint density at radius 1 is 1.22 bits per heavy atom. The number of aliphatic hydroxyl groups is 1. The Bertz CT molecular complexity index is 1130. The largest absolute Gasteiger partial charge is 0.497 e. The molecular weight excluding hydrogens is 504 g/mol. The lowest BCUT2D eigenvalue weighted by Gasteiger charge is -2.32. The fraction of sp³-hybridized carbons (Fsp3) is 0.480. The van der Waals surface area contributed by atoms with Crippen LogP contribution in [0.3, 0.4) is 0 Å². The summed E-state index contributed by atoms with van der Waals surface area (Å²) in [4.78, 5) is 12.9. The average Bonchev–Trinajstić information content (AvgIpc) is 3.40. The van der Waals surface area contributed by atoms with Gasteiger partial charge in [0.2, 0.25) is 16.3 Å². The van der Waals surface area contributed by atoms with Crippen LogP contribution in [0.5, 0.6) is 5.75 Å². The highest BCUT2D eigenvalue weighted by Crippen LogP contribution is 2.33. The molecule has 2 aliphatic rings. The lowest BCUT2D eigenvalue weighted by molar-refractivity contribution is -0.147. The van der Waals surface area contributed by atoms with Crippen molar-refractivity contribution in [2.45, 2.75) is 48.8 Å². The van der Waals surface area contributed by atoms with Gasteiger partial charge in [0.15, 0.2) is 5.76 Å². The second-order valence-electron chi connectivity index (χ2n) is 8.75. The van der Waals surface area contributed by atoms with Gasteiger partial charge in [0.1, 0.15) is 5.75 Å². The predicted molar refractivity (Wildman–Crippen MR) is 135 cm³/mol. The van der Waals surface area contributed by atoms with E-state index in [0.29, 0.717) is 12.2 Å². The summed E-state index contributed by atoms with van der Waals surface area (Å²) in [5.41, 5.74) is 1.08. The van der Waals surface area contributed by atoms with Crippen molar-refractivity contribution in [3.8, 4) is 5.75 Å². The van der Waals surface area contributed by atoms with Gasteiger partial charge in [0.05, 0.1) is 25.2 Å². The second kappa shape index (κ2) is 12.2. The number of ether oxygens (including phenoxy) is 3. The van der Waals surface area contributed by atoms with E-state index in [1.807, 2.05) is 22.9 Å². The molecule has 0 bridgehead atoms. The quantitative estimate of drug-likeness (QED) is 0.429. The summed E-state index contributed by atoms with van der Waals surface area (Å²) in [6, 6.07) is 8.27. The summed E-state index contributed by atoms with van der Waals surface area (Å²) in [6.45, 7) is -0.349. The van der Waals surface area contributed by atoms with Crippen LogP contribution in [0.15, 0.2) is 57.8 Å². The van der Waals surface area contributed by atoms with Gasteiger partial charge in [0, 0.05) is 31.5 Å². The van der Waals surface area contributed by atoms with Gasteiger partial charge in [-0.15, -0.1) is 0 Å². The van der Waals surface area contributed by atoms with Crippen molar-refractivity contribution >= 4 is 27.3 Å². The smallest absolute Gasteiger partial charge is 0.286 e. The summed E-state index contributed by atoms with van der Waals surface area (Å²) in [6.07, 6.45) is 4.68. The molecule has 11 heteroatoms. The molecule has 2 atom stereocenters. The number of nitrogens with zero attached hydrogens (tertiary/aromatic N) is 1. The number of nitrogens with one attached hydrogen (secondary N) is 1. The van der Waals surface area contributed by atoms with E-state index < -0.39 is 16.3 Å². The van der Waals surface area contributed by atoms with Gasteiger partial charge >= 0.3 is 0 Å². The van der Waals surface area contributed by atoms with Gasteiger partial charge in [-0.2, -0.15) is 15.6 Å². The summed E-state index contributed by atoms with van der Waals surface area (Å²) in [5.74, 6) is 0.476. The summed E-state index contributed by atoms with van der Waals surface area (Å²) in [5, 5.41) is 16.5. The Labute approximate surface area is 215 Å². The van der Waals surface area contributed by atoms with E-state index in [9.17, 15) is 18.3 Å². The van der Waals surface area contributed by atoms with Gasteiger partial charge < -0.3 is 24.6 Å². The Balaban J connectivity index is 1.40. The first-order valence-corrected chi connectivity index (χ1v) is 14.4. The number of amides is 1. The lowest BCUT2D eigenvalue weighted by atomic mass is 9.92. The Hall–Kier alpha value is -2.44. The molecule has 1 amide bonds. The minimum absolute atomic E-state index is 0.0191. The van der Waals surface area contributed by atoms with E-state index >= 15 is 0 Å². The van der Waals surface area contributed by atoms with E-state index in [-0.39, 0.29) is 54.8 Å². The number of carbonyl (C=O) groups is 1. The van der Waals surface area contributed by atoms with E-state index in [0.717, 1.165) is 24.8 Å². The number of methoxy groups -OCH3 is 1. The summed E-state index contributed by atoms with van der Waals surface area (Å²) in [7, 11) is -2.34. The first-order valence-electron chi connectivity index (χ1n) is 12.0. The molecule has 0 unspecified atom stereocenters. The van der Waals surface area contributed by atoms with Crippen LogP contribution in [-0.4, -0.2) is 69.5 Å². The molecule has 0 spiro atoms. The van der Waals surface area contributed by atoms with Gasteiger partial charge in [-0.25, -0.2) is 8.42 Å². The first kappa shape index (κ1) is 26.6. The molecule has 0 radical (unpaired) electrons. The third-order valence-electron chi connectivity index (χ3n) is 6.38. The van der Waals surface area contributed by atoms with Gasteiger partial charge in [-0.3, -0.25) is 4.79 Å². The van der Waals surface area contributed by atoms with Crippen molar-refractivity contribution in [3.05, 3.63) is 58.5 Å². The SMILES string of the molecule is COc1ccc(S(=O)(=O)N(CCO)CCO[C@@H]2C[C@H](c3ccsc3)C=C(C(=O)NC3CCC3)O2)cc1. The van der Waals surface area contributed by atoms with Crippen LogP contribution >= 0.6 is 11.3 Å². The predicted octanol–water partition coefficient (Wildman–Crippen LogP) is 2.84. The zero-order chi connectivity index (χ0) is 25.5. The van der Waals surface area contributed by atoms with E-state index in [4.69, 9.17) is 14.2 Å². The molecule has 1 aromatic carbocycles. The van der Waals surface area contributed by atoms with Crippen LogP contribution < -0.4 is 10.1 Å². The normalized spacial score (nSPS) is 20.4. The molecule has 1 saturated carbocycles. The van der Waals surface area contributed by atoms with Crippen molar-refractivity contribution in [2.24, 2.45) is 0 Å². The number of carbonyl (C=O) groups excluding carboxylic acids is 1. The molecule has 2 N–H and O–H groups in total. The summed E-state index contributed by atoms with van der Waals surface area (Å²) >= 11 is 1.58. The molecule has 2 aromatic rings. The van der Waals surface area contributed by atoms with E-state index in [2.05, 4.69) is 5.32 Å². The van der Waals surface area contributed by atoms with Crippen LogP contribution in [0.4, 0.5) is 0 Å². The maximum absolute atomic E-state index is 13.1. The number of aliphatic hydroxyl groups excluding tert-OH is 1. The van der Waals surface area contributed by atoms with Crippen LogP contribution in [0, 0.1) is 0 Å². The van der Waals surface area contributed by atoms with Crippen molar-refractivity contribution in [3.63, 3.8) is 0 Å². The lowest BCUT2D eigenvalue weighted by Crippen LogP contribution is -2.42. The first-order chi connectivity index (χ1) is 17.4. The van der Waals surface area contributed by atoms with Crippen molar-refractivity contribution in [1.82, 2.24) is 9.62 Å². The number of rotatable bonds is 12. The van der Waals surface area contributed by atoms with Crippen LogP contribution in [0.25, 0.3) is 0 Å². The molecule has 9 nitrogen and oxygen atoms in total. The highest BCUT2D eigenvalue weighted by Gasteiger charge is 2.31. The molecule has 2 heterocycles. The molecule has 1 aromatic heterocycles. The number of allylic oxidation sites excluding steroid dienone is 1. The third kappa shape index (κ3) is 6.46. The molecule has 1 aliphatic carbocycles. The van der Waals surface area contributed by atoms with Crippen LogP contribution in [0.2, 0.25) is 0 Å². The zero-order valence-electron chi connectivity index (χ0n) is 20.2. The Morgan fingerprint density at radius 3 is 2.61 bits per heavy atom. The third-order valence-corrected chi connectivity index (χ3v) is 9.00. The standard InChI is InChI=1S/C25H32N2O7S2/c1-32-21-5-7-22(8-6-21)36(30,31)27(10-12-28)11-13-33-24-16-19(18-9-14-35-17-18)15-23(34-24)25(29)26-20-3-2-4-20/h5-9,14-15,17,19-20,24,28H,2-4,10-13,16H2,1H3,(H,26,29)/t19-,24+/m1/s1. The number of thiophene rings is 1. The average molecular weight is 537 g/mol. The maximum Gasteiger partial charge on any atom is 0.286 e. The highest BCUT2D eigenvalue weighted by molar-refractivity contribution is 7.89. The molecule has 1 aliphatic heterocycles. The van der Waals surface area contributed by atoms with Gasteiger partial charge in [-0.1, -0.05) is 0 Å². The van der Waals surface area contributed by atoms with Gasteiger partial charge in [-0.05, 0) is 72.0 Å². The second-order valence-corrected chi connectivity index (χ2v) is 11.5. The minimum Gasteiger partial charge on any atom is -0.497 e. The van der Waals surface area contributed by atoms with Crippen molar-refractivity contribution in [1.29, 1.82) is 0 Å². The van der Waals surface area contributed by atoms with E-state index in [1.165, 1.54) is 23.5 Å². The zero-order valence-corrected chi connectivity index (χ0v) is 21.8. The Morgan fingerprint density at radius 2 is 2.00 bits per heavy atom. The number of sulfonamides is 1. The van der Waals surface area contributed by atoms with Crippen molar-refractivity contribution < 1.29 is 32.5 Å². The topological polar surface area (TPSA) is 114 Å². The molecule has 0 saturated heterocycles. The van der Waals surface area contributed by atoms with Crippen LogP contribution in [-0.2, 0) is 24.3 Å². The Kier molecular flexibility index (Phi) is 9.02. The monoisotopic (exact) mass is 536 g/mol. The minimum atomic E-state index is -3.85. The fourth-order valence-corrected chi connectivity index (χ4v) is 6.23. The molecule has 196 valence electrons. The molecule has 36 heavy (non-hydrogen) atoms.